The zero-order valence-corrected chi connectivity index (χ0v) is 8.90. The molecule has 0 aliphatic heterocycles. The van der Waals surface area contributed by atoms with E-state index in [1.54, 1.807) is 6.07 Å². The quantitative estimate of drug-likeness (QED) is 0.791. The molecule has 0 radical (unpaired) electrons. The highest BCUT2D eigenvalue weighted by Gasteiger charge is 2.16. The van der Waals surface area contributed by atoms with Gasteiger partial charge in [0.05, 0.1) is 0 Å². The second kappa shape index (κ2) is 4.35. The predicted molar refractivity (Wildman–Crippen MR) is 58.0 cm³/mol. The molecule has 1 saturated carbocycles. The smallest absolute Gasteiger partial charge is 0.299 e. The first-order valence-corrected chi connectivity index (χ1v) is 5.44. The summed E-state index contributed by atoms with van der Waals surface area (Å²) in [6.45, 7) is 0.601. The third-order valence-corrected chi connectivity index (χ3v) is 3.06. The third kappa shape index (κ3) is 2.06. The van der Waals surface area contributed by atoms with Crippen molar-refractivity contribution in [2.24, 2.45) is 5.92 Å². The lowest BCUT2D eigenvalue weighted by molar-refractivity contribution is 0.443. The van der Waals surface area contributed by atoms with Crippen LogP contribution in [0, 0.1) is 17.2 Å². The van der Waals surface area contributed by atoms with Crippen molar-refractivity contribution in [3.63, 3.8) is 0 Å². The monoisotopic (exact) mass is 219 g/mol. The van der Waals surface area contributed by atoms with Crippen LogP contribution in [-0.4, -0.2) is 9.55 Å². The molecular formula is C11H13N3O2. The average molecular weight is 219 g/mol. The first-order chi connectivity index (χ1) is 7.70. The van der Waals surface area contributed by atoms with Gasteiger partial charge in [0, 0.05) is 12.7 Å². The van der Waals surface area contributed by atoms with Crippen molar-refractivity contribution in [2.75, 3.05) is 0 Å². The van der Waals surface area contributed by atoms with Crippen molar-refractivity contribution in [1.82, 2.24) is 9.55 Å². The van der Waals surface area contributed by atoms with Crippen molar-refractivity contribution in [3.8, 4) is 6.07 Å². The molecular weight excluding hydrogens is 206 g/mol. The van der Waals surface area contributed by atoms with Gasteiger partial charge in [-0.1, -0.05) is 12.8 Å². The average Bonchev–Trinajstić information content (AvgIpc) is 2.75. The number of nitriles is 1. The van der Waals surface area contributed by atoms with Crippen LogP contribution in [0.3, 0.4) is 0 Å². The highest BCUT2D eigenvalue weighted by molar-refractivity contribution is 5.21. The number of nitrogens with one attached hydrogen (secondary N) is 1. The second-order valence-corrected chi connectivity index (χ2v) is 4.22. The Morgan fingerprint density at radius 1 is 1.44 bits per heavy atom. The molecule has 1 aromatic rings. The summed E-state index contributed by atoms with van der Waals surface area (Å²) in [6, 6.07) is 1.78. The minimum Gasteiger partial charge on any atom is -0.299 e. The van der Waals surface area contributed by atoms with E-state index in [1.807, 2.05) is 0 Å². The zero-order valence-electron chi connectivity index (χ0n) is 8.90. The predicted octanol–water partition coefficient (Wildman–Crippen LogP) is 0.598. The number of H-pyrrole nitrogens is 1. The van der Waals surface area contributed by atoms with Crippen LogP contribution in [0.4, 0.5) is 0 Å². The molecule has 1 N–H and O–H groups in total. The highest BCUT2D eigenvalue weighted by Crippen LogP contribution is 2.25. The summed E-state index contributed by atoms with van der Waals surface area (Å²) in [5.74, 6) is 0.496. The lowest BCUT2D eigenvalue weighted by Gasteiger charge is -2.10. The van der Waals surface area contributed by atoms with E-state index >= 15 is 0 Å². The van der Waals surface area contributed by atoms with Crippen LogP contribution in [0.2, 0.25) is 0 Å². The van der Waals surface area contributed by atoms with E-state index in [0.717, 1.165) is 12.8 Å². The first kappa shape index (κ1) is 10.7. The maximum atomic E-state index is 11.5. The minimum absolute atomic E-state index is 0.00223. The van der Waals surface area contributed by atoms with Crippen LogP contribution in [0.1, 0.15) is 31.2 Å². The number of nitrogens with zero attached hydrogens (tertiary/aromatic N) is 2. The van der Waals surface area contributed by atoms with Gasteiger partial charge in [-0.2, -0.15) is 5.26 Å². The van der Waals surface area contributed by atoms with Crippen LogP contribution in [0.15, 0.2) is 15.8 Å². The van der Waals surface area contributed by atoms with Crippen LogP contribution in [-0.2, 0) is 6.54 Å². The molecule has 1 aliphatic carbocycles. The van der Waals surface area contributed by atoms with Gasteiger partial charge in [0.15, 0.2) is 0 Å². The molecule has 0 unspecified atom stereocenters. The second-order valence-electron chi connectivity index (χ2n) is 4.22. The number of hydrogen-bond donors (Lipinski definition) is 1. The fourth-order valence-electron chi connectivity index (χ4n) is 2.20. The molecule has 0 aromatic carbocycles. The van der Waals surface area contributed by atoms with Crippen molar-refractivity contribution in [1.29, 1.82) is 5.26 Å². The minimum atomic E-state index is -0.602. The van der Waals surface area contributed by atoms with E-state index in [0.29, 0.717) is 12.5 Å². The van der Waals surface area contributed by atoms with Crippen LogP contribution in [0.25, 0.3) is 0 Å². The maximum absolute atomic E-state index is 11.5. The van der Waals surface area contributed by atoms with E-state index in [2.05, 4.69) is 4.98 Å². The maximum Gasteiger partial charge on any atom is 0.328 e. The Labute approximate surface area is 92.3 Å². The molecule has 5 nitrogen and oxygen atoms in total. The molecule has 1 aliphatic rings. The Bertz CT molecular complexity index is 529. The van der Waals surface area contributed by atoms with Gasteiger partial charge in [0.1, 0.15) is 11.6 Å². The van der Waals surface area contributed by atoms with Gasteiger partial charge < -0.3 is 0 Å². The summed E-state index contributed by atoms with van der Waals surface area (Å²) < 4.78 is 1.44. The van der Waals surface area contributed by atoms with E-state index < -0.39 is 11.2 Å². The summed E-state index contributed by atoms with van der Waals surface area (Å²) in [5.41, 5.74) is -1.02. The molecule has 2 rings (SSSR count). The van der Waals surface area contributed by atoms with Crippen molar-refractivity contribution < 1.29 is 0 Å². The van der Waals surface area contributed by atoms with Gasteiger partial charge in [-0.15, -0.1) is 0 Å². The van der Waals surface area contributed by atoms with Gasteiger partial charge in [0.2, 0.25) is 0 Å². The van der Waals surface area contributed by atoms with Gasteiger partial charge >= 0.3 is 5.69 Å². The Morgan fingerprint density at radius 3 is 2.75 bits per heavy atom. The van der Waals surface area contributed by atoms with Gasteiger partial charge in [-0.3, -0.25) is 14.3 Å². The largest absolute Gasteiger partial charge is 0.328 e. The molecule has 0 amide bonds. The summed E-state index contributed by atoms with van der Waals surface area (Å²) in [4.78, 5) is 24.8. The molecule has 0 bridgehead atoms. The molecule has 1 heterocycles. The summed E-state index contributed by atoms with van der Waals surface area (Å²) in [6.07, 6.45) is 6.00. The topological polar surface area (TPSA) is 78.7 Å². The molecule has 1 fully saturated rings. The van der Waals surface area contributed by atoms with E-state index in [-0.39, 0.29) is 5.56 Å². The first-order valence-electron chi connectivity index (χ1n) is 5.44. The molecule has 0 saturated heterocycles. The van der Waals surface area contributed by atoms with E-state index in [4.69, 9.17) is 5.26 Å². The number of hydrogen-bond acceptors (Lipinski definition) is 3. The van der Waals surface area contributed by atoms with Crippen molar-refractivity contribution in [3.05, 3.63) is 32.6 Å². The van der Waals surface area contributed by atoms with Gasteiger partial charge in [0.25, 0.3) is 5.56 Å². The van der Waals surface area contributed by atoms with Gasteiger partial charge in [-0.25, -0.2) is 4.79 Å². The number of aromatic nitrogens is 2. The lowest BCUT2D eigenvalue weighted by atomic mass is 10.1. The van der Waals surface area contributed by atoms with Crippen molar-refractivity contribution in [2.45, 2.75) is 32.2 Å². The normalized spacial score (nSPS) is 16.2. The van der Waals surface area contributed by atoms with Crippen LogP contribution < -0.4 is 11.2 Å². The molecule has 16 heavy (non-hydrogen) atoms. The molecule has 5 heteroatoms. The summed E-state index contributed by atoms with van der Waals surface area (Å²) in [7, 11) is 0. The van der Waals surface area contributed by atoms with Crippen LogP contribution in [0.5, 0.6) is 0 Å². The van der Waals surface area contributed by atoms with Crippen molar-refractivity contribution >= 4 is 0 Å². The number of aromatic amines is 1. The standard InChI is InChI=1S/C11H13N3O2/c12-5-9-7-14(11(16)13-10(9)15)6-8-3-1-2-4-8/h7-8H,1-4,6H2,(H,13,15,16). The van der Waals surface area contributed by atoms with E-state index in [1.165, 1.54) is 23.6 Å². The Balaban J connectivity index is 2.30. The highest BCUT2D eigenvalue weighted by atomic mass is 16.2. The Morgan fingerprint density at radius 2 is 2.12 bits per heavy atom. The molecule has 0 spiro atoms. The fourth-order valence-corrected chi connectivity index (χ4v) is 2.20. The molecule has 84 valence electrons. The SMILES string of the molecule is N#Cc1cn(CC2CCCC2)c(=O)[nH]c1=O. The zero-order chi connectivity index (χ0) is 11.5. The summed E-state index contributed by atoms with van der Waals surface area (Å²) in [5, 5.41) is 8.71. The van der Waals surface area contributed by atoms with E-state index in [9.17, 15) is 9.59 Å². The molecule has 1 aromatic heterocycles. The van der Waals surface area contributed by atoms with Crippen LogP contribution >= 0.6 is 0 Å². The van der Waals surface area contributed by atoms with Gasteiger partial charge in [-0.05, 0) is 18.8 Å². The summed E-state index contributed by atoms with van der Waals surface area (Å²) >= 11 is 0. The fraction of sp³-hybridized carbons (Fsp3) is 0.545. The lowest BCUT2D eigenvalue weighted by Crippen LogP contribution is -2.32. The molecule has 0 atom stereocenters. The Kier molecular flexibility index (Phi) is 2.91. The Hall–Kier alpha value is -1.83. The third-order valence-electron chi connectivity index (χ3n) is 3.06. The number of rotatable bonds is 2.